The van der Waals surface area contributed by atoms with Crippen LogP contribution in [0.25, 0.3) is 0 Å². The average Bonchev–Trinajstić information content (AvgIpc) is 2.24. The second-order valence-electron chi connectivity index (χ2n) is 2.97. The van der Waals surface area contributed by atoms with Crippen LogP contribution in [0.2, 0.25) is 0 Å². The second kappa shape index (κ2) is 8.19. The molecular formula is C9H19N3O3. The van der Waals surface area contributed by atoms with E-state index in [1.807, 2.05) is 6.92 Å². The van der Waals surface area contributed by atoms with E-state index in [-0.39, 0.29) is 0 Å². The molecule has 0 aliphatic carbocycles. The molecule has 0 rings (SSSR count). The lowest BCUT2D eigenvalue weighted by molar-refractivity contribution is -0.145. The molecule has 0 heterocycles. The maximum absolute atomic E-state index is 11.4. The van der Waals surface area contributed by atoms with Crippen LogP contribution in [0.5, 0.6) is 0 Å². The highest BCUT2D eigenvalue weighted by Gasteiger charge is 2.17. The molecule has 0 fully saturated rings. The molecule has 0 unspecified atom stereocenters. The Morgan fingerprint density at radius 3 is 2.67 bits per heavy atom. The third kappa shape index (κ3) is 6.03. The van der Waals surface area contributed by atoms with Gasteiger partial charge in [0.25, 0.3) is 0 Å². The van der Waals surface area contributed by atoms with Crippen molar-refractivity contribution in [2.24, 2.45) is 5.73 Å². The van der Waals surface area contributed by atoms with Gasteiger partial charge in [-0.1, -0.05) is 0 Å². The number of hydrogen-bond acceptors (Lipinski definition) is 4. The van der Waals surface area contributed by atoms with E-state index >= 15 is 0 Å². The lowest BCUT2D eigenvalue weighted by Crippen LogP contribution is -2.43. The number of nitrogens with one attached hydrogen (secondary N) is 1. The highest BCUT2D eigenvalue weighted by molar-refractivity contribution is 6.34. The number of rotatable bonds is 6. The van der Waals surface area contributed by atoms with Gasteiger partial charge < -0.3 is 20.7 Å². The van der Waals surface area contributed by atoms with E-state index < -0.39 is 11.8 Å². The summed E-state index contributed by atoms with van der Waals surface area (Å²) in [6.45, 7) is 3.94. The molecule has 88 valence electrons. The first-order chi connectivity index (χ1) is 7.13. The lowest BCUT2D eigenvalue weighted by atomic mass is 10.4. The molecular weight excluding hydrogens is 198 g/mol. The highest BCUT2D eigenvalue weighted by Crippen LogP contribution is 1.86. The fraction of sp³-hybridized carbons (Fsp3) is 0.778. The van der Waals surface area contributed by atoms with Gasteiger partial charge in [0.05, 0.1) is 6.61 Å². The Bertz CT molecular complexity index is 209. The molecule has 2 amide bonds. The van der Waals surface area contributed by atoms with Crippen molar-refractivity contribution in [1.82, 2.24) is 10.2 Å². The van der Waals surface area contributed by atoms with Gasteiger partial charge in [0.1, 0.15) is 0 Å². The van der Waals surface area contributed by atoms with E-state index in [1.54, 1.807) is 7.05 Å². The Kier molecular flexibility index (Phi) is 7.57. The fourth-order valence-electron chi connectivity index (χ4n) is 0.882. The van der Waals surface area contributed by atoms with Crippen LogP contribution in [0.3, 0.4) is 0 Å². The number of ether oxygens (including phenoxy) is 1. The lowest BCUT2D eigenvalue weighted by Gasteiger charge is -2.16. The fourth-order valence-corrected chi connectivity index (χ4v) is 0.882. The molecule has 0 saturated heterocycles. The summed E-state index contributed by atoms with van der Waals surface area (Å²) >= 11 is 0. The zero-order valence-corrected chi connectivity index (χ0v) is 9.28. The monoisotopic (exact) mass is 217 g/mol. The van der Waals surface area contributed by atoms with E-state index in [9.17, 15) is 9.59 Å². The first-order valence-electron chi connectivity index (χ1n) is 4.94. The van der Waals surface area contributed by atoms with Gasteiger partial charge >= 0.3 is 11.8 Å². The Morgan fingerprint density at radius 1 is 1.47 bits per heavy atom. The van der Waals surface area contributed by atoms with Gasteiger partial charge in [0.15, 0.2) is 0 Å². The first-order valence-corrected chi connectivity index (χ1v) is 4.94. The number of likely N-dealkylation sites (N-methyl/N-ethyl adjacent to an activating group) is 1. The van der Waals surface area contributed by atoms with Crippen molar-refractivity contribution in [1.29, 1.82) is 0 Å². The third-order valence-corrected chi connectivity index (χ3v) is 1.75. The maximum Gasteiger partial charge on any atom is 0.311 e. The largest absolute Gasteiger partial charge is 0.380 e. The summed E-state index contributed by atoms with van der Waals surface area (Å²) < 4.78 is 5.07. The SMILES string of the molecule is CCOCCN(C)C(=O)C(=O)NCCN. The molecule has 6 nitrogen and oxygen atoms in total. The molecule has 15 heavy (non-hydrogen) atoms. The number of nitrogens with zero attached hydrogens (tertiary/aromatic N) is 1. The quantitative estimate of drug-likeness (QED) is 0.421. The van der Waals surface area contributed by atoms with Crippen molar-refractivity contribution in [2.45, 2.75) is 6.92 Å². The molecule has 0 aliphatic heterocycles. The summed E-state index contributed by atoms with van der Waals surface area (Å²) in [4.78, 5) is 23.9. The molecule has 0 aromatic carbocycles. The van der Waals surface area contributed by atoms with Crippen molar-refractivity contribution in [2.75, 3.05) is 39.9 Å². The molecule has 0 aromatic rings. The normalized spacial score (nSPS) is 9.80. The van der Waals surface area contributed by atoms with Crippen LogP contribution in [-0.4, -0.2) is 56.6 Å². The molecule has 0 aliphatic rings. The van der Waals surface area contributed by atoms with Gasteiger partial charge in [-0.05, 0) is 6.92 Å². The number of carbonyl (C=O) groups excluding carboxylic acids is 2. The van der Waals surface area contributed by atoms with Crippen LogP contribution >= 0.6 is 0 Å². The van der Waals surface area contributed by atoms with Crippen molar-refractivity contribution in [3.8, 4) is 0 Å². The molecule has 6 heteroatoms. The zero-order valence-electron chi connectivity index (χ0n) is 9.28. The summed E-state index contributed by atoms with van der Waals surface area (Å²) in [6, 6.07) is 0. The summed E-state index contributed by atoms with van der Waals surface area (Å²) in [5, 5.41) is 2.41. The first kappa shape index (κ1) is 13.9. The van der Waals surface area contributed by atoms with Crippen molar-refractivity contribution in [3.05, 3.63) is 0 Å². The highest BCUT2D eigenvalue weighted by atomic mass is 16.5. The van der Waals surface area contributed by atoms with Crippen LogP contribution in [0.1, 0.15) is 6.92 Å². The molecule has 0 atom stereocenters. The number of hydrogen-bond donors (Lipinski definition) is 2. The third-order valence-electron chi connectivity index (χ3n) is 1.75. The Morgan fingerprint density at radius 2 is 2.13 bits per heavy atom. The maximum atomic E-state index is 11.4. The van der Waals surface area contributed by atoms with E-state index in [0.29, 0.717) is 32.8 Å². The number of carbonyl (C=O) groups is 2. The van der Waals surface area contributed by atoms with Gasteiger partial charge in [0, 0.05) is 33.3 Å². The van der Waals surface area contributed by atoms with Crippen molar-refractivity contribution < 1.29 is 14.3 Å². The predicted molar refractivity (Wildman–Crippen MR) is 56.2 cm³/mol. The standard InChI is InChI=1S/C9H19N3O3/c1-3-15-7-6-12(2)9(14)8(13)11-5-4-10/h3-7,10H2,1-2H3,(H,11,13). The van der Waals surface area contributed by atoms with Gasteiger partial charge in [0.2, 0.25) is 0 Å². The minimum atomic E-state index is -0.626. The van der Waals surface area contributed by atoms with E-state index in [4.69, 9.17) is 10.5 Å². The van der Waals surface area contributed by atoms with Gasteiger partial charge in [-0.25, -0.2) is 0 Å². The van der Waals surface area contributed by atoms with Crippen molar-refractivity contribution >= 4 is 11.8 Å². The van der Waals surface area contributed by atoms with Crippen LogP contribution < -0.4 is 11.1 Å². The van der Waals surface area contributed by atoms with Crippen LogP contribution in [0, 0.1) is 0 Å². The number of amides is 2. The van der Waals surface area contributed by atoms with E-state index in [1.165, 1.54) is 4.90 Å². The Hall–Kier alpha value is -1.14. The molecule has 0 aromatic heterocycles. The minimum absolute atomic E-state index is 0.309. The van der Waals surface area contributed by atoms with Crippen molar-refractivity contribution in [3.63, 3.8) is 0 Å². The van der Waals surface area contributed by atoms with Gasteiger partial charge in [-0.2, -0.15) is 0 Å². The molecule has 0 bridgehead atoms. The Labute approximate surface area is 89.7 Å². The average molecular weight is 217 g/mol. The predicted octanol–water partition coefficient (Wildman–Crippen LogP) is -1.44. The summed E-state index contributed by atoms with van der Waals surface area (Å²) in [7, 11) is 1.56. The molecule has 3 N–H and O–H groups in total. The van der Waals surface area contributed by atoms with Gasteiger partial charge in [-0.15, -0.1) is 0 Å². The van der Waals surface area contributed by atoms with E-state index in [2.05, 4.69) is 5.32 Å². The topological polar surface area (TPSA) is 84.7 Å². The minimum Gasteiger partial charge on any atom is -0.380 e. The molecule has 0 radical (unpaired) electrons. The Balaban J connectivity index is 3.81. The van der Waals surface area contributed by atoms with Crippen LogP contribution in [0.15, 0.2) is 0 Å². The molecule has 0 saturated carbocycles. The summed E-state index contributed by atoms with van der Waals surface area (Å²) in [5.74, 6) is -1.19. The zero-order chi connectivity index (χ0) is 11.7. The van der Waals surface area contributed by atoms with Crippen LogP contribution in [-0.2, 0) is 14.3 Å². The summed E-state index contributed by atoms with van der Waals surface area (Å²) in [6.07, 6.45) is 0. The number of nitrogens with two attached hydrogens (primary N) is 1. The molecule has 0 spiro atoms. The van der Waals surface area contributed by atoms with Gasteiger partial charge in [-0.3, -0.25) is 9.59 Å². The smallest absolute Gasteiger partial charge is 0.311 e. The van der Waals surface area contributed by atoms with E-state index in [0.717, 1.165) is 0 Å². The summed E-state index contributed by atoms with van der Waals surface area (Å²) in [5.41, 5.74) is 5.19. The second-order valence-corrected chi connectivity index (χ2v) is 2.97. The van der Waals surface area contributed by atoms with Crippen LogP contribution in [0.4, 0.5) is 0 Å².